The number of halogens is 1. The summed E-state index contributed by atoms with van der Waals surface area (Å²) in [6, 6.07) is 0. The standard InChI is InChI=1S/C14H22ClN3OS/c1-5-10-12(13(15)17(4)16-10)14(19)18-6-7-20-11(8-18)9(2)3/h9,11H,5-8H2,1-4H3. The molecule has 20 heavy (non-hydrogen) atoms. The van der Waals surface area contributed by atoms with E-state index in [2.05, 4.69) is 18.9 Å². The molecular weight excluding hydrogens is 294 g/mol. The molecule has 0 aliphatic carbocycles. The van der Waals surface area contributed by atoms with Gasteiger partial charge in [0.25, 0.3) is 5.91 Å². The number of nitrogens with zero attached hydrogens (tertiary/aromatic N) is 3. The molecule has 1 aliphatic rings. The summed E-state index contributed by atoms with van der Waals surface area (Å²) in [5, 5.41) is 5.29. The second-order valence-electron chi connectivity index (χ2n) is 5.49. The van der Waals surface area contributed by atoms with Gasteiger partial charge in [-0.1, -0.05) is 32.4 Å². The van der Waals surface area contributed by atoms with Gasteiger partial charge >= 0.3 is 0 Å². The van der Waals surface area contributed by atoms with E-state index in [4.69, 9.17) is 11.6 Å². The van der Waals surface area contributed by atoms with Crippen molar-refractivity contribution in [2.24, 2.45) is 13.0 Å². The second kappa shape index (κ2) is 6.39. The van der Waals surface area contributed by atoms with E-state index < -0.39 is 0 Å². The number of hydrogen-bond acceptors (Lipinski definition) is 3. The van der Waals surface area contributed by atoms with Crippen molar-refractivity contribution in [2.45, 2.75) is 32.4 Å². The summed E-state index contributed by atoms with van der Waals surface area (Å²) in [6.45, 7) is 8.01. The predicted octanol–water partition coefficient (Wildman–Crippen LogP) is 2.85. The van der Waals surface area contributed by atoms with Crippen LogP contribution in [0.2, 0.25) is 5.15 Å². The molecule has 1 saturated heterocycles. The molecule has 2 heterocycles. The zero-order chi connectivity index (χ0) is 14.9. The molecule has 0 saturated carbocycles. The van der Waals surface area contributed by atoms with E-state index in [0.29, 0.717) is 21.9 Å². The molecule has 1 fully saturated rings. The van der Waals surface area contributed by atoms with Gasteiger partial charge < -0.3 is 4.90 Å². The van der Waals surface area contributed by atoms with Crippen LogP contribution in [0.25, 0.3) is 0 Å². The van der Waals surface area contributed by atoms with Crippen LogP contribution in [0.3, 0.4) is 0 Å². The third-order valence-electron chi connectivity index (χ3n) is 3.72. The fourth-order valence-electron chi connectivity index (χ4n) is 2.44. The lowest BCUT2D eigenvalue weighted by molar-refractivity contribution is 0.0755. The van der Waals surface area contributed by atoms with E-state index in [1.54, 1.807) is 11.7 Å². The summed E-state index contributed by atoms with van der Waals surface area (Å²) in [4.78, 5) is 14.7. The summed E-state index contributed by atoms with van der Waals surface area (Å²) in [5.41, 5.74) is 1.38. The molecule has 1 aliphatic heterocycles. The lowest BCUT2D eigenvalue weighted by atomic mass is 10.1. The van der Waals surface area contributed by atoms with E-state index >= 15 is 0 Å². The van der Waals surface area contributed by atoms with Gasteiger partial charge in [0.05, 0.1) is 11.3 Å². The number of amides is 1. The van der Waals surface area contributed by atoms with Crippen LogP contribution in [0, 0.1) is 5.92 Å². The van der Waals surface area contributed by atoms with E-state index in [0.717, 1.165) is 31.0 Å². The molecule has 0 spiro atoms. The van der Waals surface area contributed by atoms with E-state index in [-0.39, 0.29) is 5.91 Å². The molecule has 112 valence electrons. The van der Waals surface area contributed by atoms with Gasteiger partial charge in [0.15, 0.2) is 0 Å². The highest BCUT2D eigenvalue weighted by Crippen LogP contribution is 2.28. The molecule has 1 aromatic heterocycles. The van der Waals surface area contributed by atoms with Crippen LogP contribution in [0.15, 0.2) is 0 Å². The molecule has 0 N–H and O–H groups in total. The van der Waals surface area contributed by atoms with Crippen LogP contribution in [0.5, 0.6) is 0 Å². The largest absolute Gasteiger partial charge is 0.337 e. The van der Waals surface area contributed by atoms with Crippen molar-refractivity contribution >= 4 is 29.3 Å². The molecule has 0 aromatic carbocycles. The third-order valence-corrected chi connectivity index (χ3v) is 5.70. The number of carbonyl (C=O) groups is 1. The van der Waals surface area contributed by atoms with Gasteiger partial charge in [0.2, 0.25) is 0 Å². The third kappa shape index (κ3) is 2.98. The SMILES string of the molecule is CCc1nn(C)c(Cl)c1C(=O)N1CCSC(C(C)C)C1. The van der Waals surface area contributed by atoms with Crippen molar-refractivity contribution in [3.8, 4) is 0 Å². The molecule has 4 nitrogen and oxygen atoms in total. The van der Waals surface area contributed by atoms with E-state index in [9.17, 15) is 4.79 Å². The fraction of sp³-hybridized carbons (Fsp3) is 0.714. The lowest BCUT2D eigenvalue weighted by Gasteiger charge is -2.34. The molecule has 1 atom stereocenters. The molecule has 1 unspecified atom stereocenters. The smallest absolute Gasteiger partial charge is 0.258 e. The molecule has 0 bridgehead atoms. The quantitative estimate of drug-likeness (QED) is 0.861. The maximum absolute atomic E-state index is 12.8. The molecule has 2 rings (SSSR count). The molecule has 1 aromatic rings. The van der Waals surface area contributed by atoms with E-state index in [1.165, 1.54) is 0 Å². The van der Waals surface area contributed by atoms with Gasteiger partial charge in [0.1, 0.15) is 5.15 Å². The Labute approximate surface area is 129 Å². The number of carbonyl (C=O) groups excluding carboxylic acids is 1. The van der Waals surface area contributed by atoms with Crippen LogP contribution in [0.1, 0.15) is 36.8 Å². The number of rotatable bonds is 3. The van der Waals surface area contributed by atoms with Crippen LogP contribution in [-0.4, -0.2) is 44.7 Å². The minimum absolute atomic E-state index is 0.0332. The highest BCUT2D eigenvalue weighted by atomic mass is 35.5. The van der Waals surface area contributed by atoms with Gasteiger partial charge in [-0.15, -0.1) is 0 Å². The summed E-state index contributed by atoms with van der Waals surface area (Å²) in [6.07, 6.45) is 0.720. The first-order valence-corrected chi connectivity index (χ1v) is 8.50. The maximum atomic E-state index is 12.8. The van der Waals surface area contributed by atoms with Crippen molar-refractivity contribution in [2.75, 3.05) is 18.8 Å². The van der Waals surface area contributed by atoms with Crippen molar-refractivity contribution in [1.82, 2.24) is 14.7 Å². The Kier molecular flexibility index (Phi) is 5.02. The van der Waals surface area contributed by atoms with Gasteiger partial charge in [0, 0.05) is 31.1 Å². The number of thioether (sulfide) groups is 1. The first kappa shape index (κ1) is 15.7. The average molecular weight is 316 g/mol. The maximum Gasteiger partial charge on any atom is 0.258 e. The normalized spacial score (nSPS) is 19.7. The molecule has 6 heteroatoms. The van der Waals surface area contributed by atoms with Crippen molar-refractivity contribution in [3.63, 3.8) is 0 Å². The Morgan fingerprint density at radius 2 is 2.25 bits per heavy atom. The fourth-order valence-corrected chi connectivity index (χ4v) is 3.96. The predicted molar refractivity (Wildman–Crippen MR) is 84.6 cm³/mol. The topological polar surface area (TPSA) is 38.1 Å². The van der Waals surface area contributed by atoms with Crippen LogP contribution < -0.4 is 0 Å². The number of aryl methyl sites for hydroxylation is 2. The highest BCUT2D eigenvalue weighted by molar-refractivity contribution is 8.00. The highest BCUT2D eigenvalue weighted by Gasteiger charge is 2.30. The zero-order valence-corrected chi connectivity index (χ0v) is 14.1. The number of aromatic nitrogens is 2. The first-order chi connectivity index (χ1) is 9.45. The molecule has 1 amide bonds. The average Bonchev–Trinajstić information content (AvgIpc) is 2.73. The minimum atomic E-state index is 0.0332. The van der Waals surface area contributed by atoms with Crippen molar-refractivity contribution in [3.05, 3.63) is 16.4 Å². The van der Waals surface area contributed by atoms with Gasteiger partial charge in [-0.3, -0.25) is 9.48 Å². The summed E-state index contributed by atoms with van der Waals surface area (Å²) in [5.74, 6) is 1.60. The Bertz CT molecular complexity index is 501. The van der Waals surface area contributed by atoms with Crippen LogP contribution in [-0.2, 0) is 13.5 Å². The monoisotopic (exact) mass is 315 g/mol. The van der Waals surface area contributed by atoms with Gasteiger partial charge in [-0.25, -0.2) is 0 Å². The van der Waals surface area contributed by atoms with Gasteiger partial charge in [-0.05, 0) is 12.3 Å². The Morgan fingerprint density at radius 3 is 2.85 bits per heavy atom. The van der Waals surface area contributed by atoms with Crippen molar-refractivity contribution in [1.29, 1.82) is 0 Å². The zero-order valence-electron chi connectivity index (χ0n) is 12.5. The first-order valence-electron chi connectivity index (χ1n) is 7.07. The number of hydrogen-bond donors (Lipinski definition) is 0. The summed E-state index contributed by atoms with van der Waals surface area (Å²) >= 11 is 8.21. The van der Waals surface area contributed by atoms with E-state index in [1.807, 2.05) is 23.6 Å². The summed E-state index contributed by atoms with van der Waals surface area (Å²) in [7, 11) is 1.78. The second-order valence-corrected chi connectivity index (χ2v) is 7.20. The lowest BCUT2D eigenvalue weighted by Crippen LogP contribution is -2.43. The summed E-state index contributed by atoms with van der Waals surface area (Å²) < 4.78 is 1.59. The Hall–Kier alpha value is -0.680. The van der Waals surface area contributed by atoms with Crippen LogP contribution in [0.4, 0.5) is 0 Å². The molecular formula is C14H22ClN3OS. The Balaban J connectivity index is 2.23. The van der Waals surface area contributed by atoms with Gasteiger partial charge in [-0.2, -0.15) is 16.9 Å². The minimum Gasteiger partial charge on any atom is -0.337 e. The Morgan fingerprint density at radius 1 is 1.55 bits per heavy atom. The van der Waals surface area contributed by atoms with Crippen LogP contribution >= 0.6 is 23.4 Å². The molecule has 0 radical (unpaired) electrons. The van der Waals surface area contributed by atoms with Crippen molar-refractivity contribution < 1.29 is 4.79 Å².